The molecule has 1 amide bonds. The molecule has 5 nitrogen and oxygen atoms in total. The van der Waals surface area contributed by atoms with Gasteiger partial charge in [0.1, 0.15) is 23.3 Å². The average molecular weight is 298 g/mol. The lowest BCUT2D eigenvalue weighted by atomic mass is 10.1. The minimum Gasteiger partial charge on any atom is -0.492 e. The predicted octanol–water partition coefficient (Wildman–Crippen LogP) is 3.06. The molecule has 114 valence electrons. The molecule has 1 aromatic carbocycles. The summed E-state index contributed by atoms with van der Waals surface area (Å²) in [5, 5.41) is 2.85. The van der Waals surface area contributed by atoms with Crippen molar-refractivity contribution in [2.24, 2.45) is 0 Å². The van der Waals surface area contributed by atoms with E-state index in [1.807, 2.05) is 26.0 Å². The molecule has 0 bridgehead atoms. The van der Waals surface area contributed by atoms with Crippen molar-refractivity contribution in [1.29, 1.82) is 0 Å². The van der Waals surface area contributed by atoms with E-state index in [2.05, 4.69) is 10.3 Å². The third-order valence-electron chi connectivity index (χ3n) is 3.44. The van der Waals surface area contributed by atoms with E-state index in [1.54, 1.807) is 24.4 Å². The number of nitrogens with one attached hydrogen (secondary N) is 1. The number of nitrogens with zero attached hydrogens (tertiary/aromatic N) is 1. The van der Waals surface area contributed by atoms with Crippen LogP contribution in [-0.4, -0.2) is 23.6 Å². The van der Waals surface area contributed by atoms with E-state index in [0.717, 1.165) is 17.7 Å². The number of carbonyl (C=O) groups excluding carboxylic acids is 1. The average Bonchev–Trinajstić information content (AvgIpc) is 2.87. The van der Waals surface area contributed by atoms with Gasteiger partial charge < -0.3 is 14.8 Å². The van der Waals surface area contributed by atoms with Gasteiger partial charge >= 0.3 is 0 Å². The van der Waals surface area contributed by atoms with E-state index in [-0.39, 0.29) is 12.0 Å². The van der Waals surface area contributed by atoms with Crippen molar-refractivity contribution in [1.82, 2.24) is 4.98 Å². The summed E-state index contributed by atoms with van der Waals surface area (Å²) < 4.78 is 11.4. The molecule has 2 heterocycles. The first-order valence-electron chi connectivity index (χ1n) is 7.36. The molecular weight excluding hydrogens is 280 g/mol. The topological polar surface area (TPSA) is 60.5 Å². The number of aromatic nitrogens is 1. The van der Waals surface area contributed by atoms with Crippen LogP contribution in [0.5, 0.6) is 11.5 Å². The minimum absolute atomic E-state index is 0.145. The number of rotatable bonds is 4. The lowest BCUT2D eigenvalue weighted by molar-refractivity contribution is 0.102. The van der Waals surface area contributed by atoms with Gasteiger partial charge in [-0.2, -0.15) is 0 Å². The van der Waals surface area contributed by atoms with Gasteiger partial charge in [-0.15, -0.1) is 0 Å². The van der Waals surface area contributed by atoms with Gasteiger partial charge in [0.2, 0.25) is 0 Å². The summed E-state index contributed by atoms with van der Waals surface area (Å²) in [5.41, 5.74) is 2.07. The Morgan fingerprint density at radius 1 is 1.45 bits per heavy atom. The Labute approximate surface area is 129 Å². The second-order valence-corrected chi connectivity index (χ2v) is 5.19. The van der Waals surface area contributed by atoms with Crippen molar-refractivity contribution in [3.05, 3.63) is 47.8 Å². The fourth-order valence-corrected chi connectivity index (χ4v) is 2.50. The molecule has 1 aliphatic rings. The Balaban J connectivity index is 1.89. The first-order valence-corrected chi connectivity index (χ1v) is 7.36. The van der Waals surface area contributed by atoms with E-state index in [9.17, 15) is 4.79 Å². The van der Waals surface area contributed by atoms with Crippen LogP contribution < -0.4 is 14.8 Å². The Morgan fingerprint density at radius 2 is 2.32 bits per heavy atom. The standard InChI is InChI=1S/C17H18N2O3/c1-3-21-16-9-12-8-11(2)22-15(12)10-14(16)19-17(20)13-6-4-5-7-18-13/h4-7,9-11H,3,8H2,1-2H3,(H,19,20)/t11-/m1/s1. The van der Waals surface area contributed by atoms with Crippen molar-refractivity contribution in [2.45, 2.75) is 26.4 Å². The smallest absolute Gasteiger partial charge is 0.274 e. The molecule has 0 unspecified atom stereocenters. The Morgan fingerprint density at radius 3 is 3.05 bits per heavy atom. The molecule has 22 heavy (non-hydrogen) atoms. The molecule has 1 aliphatic heterocycles. The van der Waals surface area contributed by atoms with Gasteiger partial charge in [0.05, 0.1) is 12.3 Å². The van der Waals surface area contributed by atoms with Crippen LogP contribution in [0.4, 0.5) is 5.69 Å². The number of fused-ring (bicyclic) bond motifs is 1. The van der Waals surface area contributed by atoms with Crippen molar-refractivity contribution in [3.63, 3.8) is 0 Å². The Bertz CT molecular complexity index is 686. The summed E-state index contributed by atoms with van der Waals surface area (Å²) in [7, 11) is 0. The molecule has 2 aromatic rings. The van der Waals surface area contributed by atoms with Crippen LogP contribution in [0.15, 0.2) is 36.5 Å². The van der Waals surface area contributed by atoms with Crippen LogP contribution in [0.1, 0.15) is 29.9 Å². The van der Waals surface area contributed by atoms with Crippen molar-refractivity contribution < 1.29 is 14.3 Å². The maximum absolute atomic E-state index is 12.3. The molecule has 0 radical (unpaired) electrons. The van der Waals surface area contributed by atoms with Crippen molar-refractivity contribution in [2.75, 3.05) is 11.9 Å². The maximum Gasteiger partial charge on any atom is 0.274 e. The van der Waals surface area contributed by atoms with Gasteiger partial charge in [-0.3, -0.25) is 9.78 Å². The number of anilines is 1. The minimum atomic E-state index is -0.271. The van der Waals surface area contributed by atoms with E-state index in [0.29, 0.717) is 23.7 Å². The number of hydrogen-bond donors (Lipinski definition) is 1. The predicted molar refractivity (Wildman–Crippen MR) is 83.6 cm³/mol. The third-order valence-corrected chi connectivity index (χ3v) is 3.44. The number of ether oxygens (including phenoxy) is 2. The van der Waals surface area contributed by atoms with Crippen LogP contribution >= 0.6 is 0 Å². The monoisotopic (exact) mass is 298 g/mol. The number of carbonyl (C=O) groups is 1. The summed E-state index contributed by atoms with van der Waals surface area (Å²) in [4.78, 5) is 16.3. The van der Waals surface area contributed by atoms with E-state index < -0.39 is 0 Å². The number of amides is 1. The first kappa shape index (κ1) is 14.4. The van der Waals surface area contributed by atoms with Gasteiger partial charge in [0.25, 0.3) is 5.91 Å². The zero-order valence-electron chi connectivity index (χ0n) is 12.6. The van der Waals surface area contributed by atoms with Crippen LogP contribution in [0.25, 0.3) is 0 Å². The van der Waals surface area contributed by atoms with Crippen LogP contribution in [0.3, 0.4) is 0 Å². The largest absolute Gasteiger partial charge is 0.492 e. The highest BCUT2D eigenvalue weighted by molar-refractivity contribution is 6.03. The normalized spacial score (nSPS) is 15.8. The van der Waals surface area contributed by atoms with Gasteiger partial charge in [-0.05, 0) is 32.0 Å². The van der Waals surface area contributed by atoms with Gasteiger partial charge in [0.15, 0.2) is 0 Å². The molecule has 0 saturated carbocycles. The van der Waals surface area contributed by atoms with Crippen molar-refractivity contribution >= 4 is 11.6 Å². The van der Waals surface area contributed by atoms with Crippen LogP contribution in [-0.2, 0) is 6.42 Å². The highest BCUT2D eigenvalue weighted by atomic mass is 16.5. The zero-order chi connectivity index (χ0) is 15.5. The highest BCUT2D eigenvalue weighted by Gasteiger charge is 2.22. The fourth-order valence-electron chi connectivity index (χ4n) is 2.50. The number of pyridine rings is 1. The molecule has 0 fully saturated rings. The summed E-state index contributed by atoms with van der Waals surface area (Å²) in [6.07, 6.45) is 2.58. The first-order chi connectivity index (χ1) is 10.7. The number of benzene rings is 1. The highest BCUT2D eigenvalue weighted by Crippen LogP contribution is 2.38. The fraction of sp³-hybridized carbons (Fsp3) is 0.294. The summed E-state index contributed by atoms with van der Waals surface area (Å²) >= 11 is 0. The lowest BCUT2D eigenvalue weighted by Gasteiger charge is -2.13. The quantitative estimate of drug-likeness (QED) is 0.942. The molecule has 5 heteroatoms. The van der Waals surface area contributed by atoms with Crippen LogP contribution in [0.2, 0.25) is 0 Å². The third kappa shape index (κ3) is 2.88. The molecule has 0 spiro atoms. The SMILES string of the molecule is CCOc1cc2c(cc1NC(=O)c1ccccn1)O[C@H](C)C2. The molecule has 3 rings (SSSR count). The maximum atomic E-state index is 12.3. The van der Waals surface area contributed by atoms with E-state index >= 15 is 0 Å². The van der Waals surface area contributed by atoms with Crippen molar-refractivity contribution in [3.8, 4) is 11.5 Å². The van der Waals surface area contributed by atoms with E-state index in [1.165, 1.54) is 0 Å². The van der Waals surface area contributed by atoms with E-state index in [4.69, 9.17) is 9.47 Å². The summed E-state index contributed by atoms with van der Waals surface area (Å²) in [6, 6.07) is 8.98. The zero-order valence-corrected chi connectivity index (χ0v) is 12.6. The Kier molecular flexibility index (Phi) is 3.96. The Hall–Kier alpha value is -2.56. The second-order valence-electron chi connectivity index (χ2n) is 5.19. The molecular formula is C17H18N2O3. The summed E-state index contributed by atoms with van der Waals surface area (Å²) in [5.74, 6) is 1.18. The molecule has 1 atom stereocenters. The molecule has 0 aliphatic carbocycles. The molecule has 1 N–H and O–H groups in total. The second kappa shape index (κ2) is 6.05. The molecule has 0 saturated heterocycles. The van der Waals surface area contributed by atoms with Crippen LogP contribution in [0, 0.1) is 0 Å². The van der Waals surface area contributed by atoms with Gasteiger partial charge in [0, 0.05) is 24.2 Å². The lowest BCUT2D eigenvalue weighted by Crippen LogP contribution is -2.14. The summed E-state index contributed by atoms with van der Waals surface area (Å²) in [6.45, 7) is 4.46. The number of hydrogen-bond acceptors (Lipinski definition) is 4. The van der Waals surface area contributed by atoms with Gasteiger partial charge in [-0.25, -0.2) is 0 Å². The molecule has 1 aromatic heterocycles. The van der Waals surface area contributed by atoms with Gasteiger partial charge in [-0.1, -0.05) is 6.07 Å².